The summed E-state index contributed by atoms with van der Waals surface area (Å²) in [6, 6.07) is 6.85. The quantitative estimate of drug-likeness (QED) is 0.781. The smallest absolute Gasteiger partial charge is 0.180 e. The number of halogens is 2. The summed E-state index contributed by atoms with van der Waals surface area (Å²) in [4.78, 5) is 0.304. The summed E-state index contributed by atoms with van der Waals surface area (Å²) in [5, 5.41) is 3.14. The van der Waals surface area contributed by atoms with Crippen molar-refractivity contribution in [2.45, 2.75) is 30.7 Å². The lowest BCUT2D eigenvalue weighted by Gasteiger charge is -2.28. The van der Waals surface area contributed by atoms with Crippen molar-refractivity contribution < 1.29 is 8.42 Å². The molecular formula is C13H19Cl2NO2S. The Morgan fingerprint density at radius 1 is 1.21 bits per heavy atom. The molecule has 0 unspecified atom stereocenters. The fourth-order valence-electron chi connectivity index (χ4n) is 1.65. The lowest BCUT2D eigenvalue weighted by atomic mass is 10.1. The Morgan fingerprint density at radius 3 is 2.32 bits per heavy atom. The average molecular weight is 324 g/mol. The molecule has 0 amide bonds. The van der Waals surface area contributed by atoms with Gasteiger partial charge in [-0.3, -0.25) is 0 Å². The maximum absolute atomic E-state index is 12.2. The lowest BCUT2D eigenvalue weighted by molar-refractivity contribution is 0.593. The molecule has 1 aromatic rings. The number of anilines is 1. The van der Waals surface area contributed by atoms with Gasteiger partial charge in [0.2, 0.25) is 0 Å². The van der Waals surface area contributed by atoms with Gasteiger partial charge in [0.15, 0.2) is 9.84 Å². The summed E-state index contributed by atoms with van der Waals surface area (Å²) in [6.07, 6.45) is 0.582. The molecule has 19 heavy (non-hydrogen) atoms. The second-order valence-electron chi connectivity index (χ2n) is 4.77. The summed E-state index contributed by atoms with van der Waals surface area (Å²) >= 11 is 11.8. The van der Waals surface area contributed by atoms with Gasteiger partial charge in [-0.05, 0) is 25.5 Å². The molecule has 0 aliphatic heterocycles. The first-order valence-corrected chi connectivity index (χ1v) is 8.82. The zero-order valence-corrected chi connectivity index (χ0v) is 13.4. The van der Waals surface area contributed by atoms with Gasteiger partial charge in [-0.25, -0.2) is 8.42 Å². The largest absolute Gasteiger partial charge is 0.376 e. The van der Waals surface area contributed by atoms with Crippen LogP contribution in [0.5, 0.6) is 0 Å². The molecule has 3 nitrogen and oxygen atoms in total. The Kier molecular flexibility index (Phi) is 5.96. The molecule has 1 rings (SSSR count). The van der Waals surface area contributed by atoms with E-state index < -0.39 is 15.4 Å². The van der Waals surface area contributed by atoms with Gasteiger partial charge < -0.3 is 5.32 Å². The number of hydrogen-bond donors (Lipinski definition) is 1. The van der Waals surface area contributed by atoms with Crippen LogP contribution in [0.2, 0.25) is 0 Å². The van der Waals surface area contributed by atoms with E-state index in [0.717, 1.165) is 0 Å². The average Bonchev–Trinajstić information content (AvgIpc) is 2.39. The highest BCUT2D eigenvalue weighted by Crippen LogP contribution is 2.26. The molecule has 0 aliphatic rings. The van der Waals surface area contributed by atoms with E-state index >= 15 is 0 Å². The molecule has 0 aliphatic carbocycles. The minimum absolute atomic E-state index is 0.129. The van der Waals surface area contributed by atoms with Crippen LogP contribution in [0.1, 0.15) is 20.3 Å². The third-order valence-corrected chi connectivity index (χ3v) is 5.87. The topological polar surface area (TPSA) is 46.2 Å². The third-order valence-electron chi connectivity index (χ3n) is 2.72. The number of hydrogen-bond acceptors (Lipinski definition) is 3. The number of benzene rings is 1. The second-order valence-corrected chi connectivity index (χ2v) is 7.38. The van der Waals surface area contributed by atoms with Crippen LogP contribution in [0.15, 0.2) is 29.2 Å². The first kappa shape index (κ1) is 16.6. The Bertz CT molecular complexity index is 513. The predicted octanol–water partition coefficient (Wildman–Crippen LogP) is 3.52. The number of para-hydroxylation sites is 1. The zero-order valence-electron chi connectivity index (χ0n) is 11.1. The SMILES string of the molecule is CCCS(=O)(=O)c1ccccc1NC(C)(CCl)CCl. The van der Waals surface area contributed by atoms with Crippen molar-refractivity contribution in [1.29, 1.82) is 0 Å². The summed E-state index contributed by atoms with van der Waals surface area (Å²) in [5.41, 5.74) is 0.0146. The maximum Gasteiger partial charge on any atom is 0.180 e. The van der Waals surface area contributed by atoms with Crippen molar-refractivity contribution in [3.05, 3.63) is 24.3 Å². The van der Waals surface area contributed by atoms with Crippen LogP contribution >= 0.6 is 23.2 Å². The Hall–Kier alpha value is -0.450. The van der Waals surface area contributed by atoms with Crippen LogP contribution in [-0.4, -0.2) is 31.5 Å². The number of sulfone groups is 1. The first-order valence-electron chi connectivity index (χ1n) is 6.10. The summed E-state index contributed by atoms with van der Waals surface area (Å²) < 4.78 is 24.4. The van der Waals surface area contributed by atoms with Crippen LogP contribution in [0.25, 0.3) is 0 Å². The number of nitrogens with one attached hydrogen (secondary N) is 1. The van der Waals surface area contributed by atoms with Gasteiger partial charge in [0.1, 0.15) is 0 Å². The molecule has 0 saturated carbocycles. The van der Waals surface area contributed by atoms with E-state index in [4.69, 9.17) is 23.2 Å². The van der Waals surface area contributed by atoms with E-state index in [2.05, 4.69) is 5.32 Å². The molecule has 0 spiro atoms. The molecule has 6 heteroatoms. The van der Waals surface area contributed by atoms with Crippen molar-refractivity contribution in [3.63, 3.8) is 0 Å². The Labute approximate surface area is 125 Å². The normalized spacial score (nSPS) is 12.4. The van der Waals surface area contributed by atoms with Crippen molar-refractivity contribution >= 4 is 38.7 Å². The molecule has 1 N–H and O–H groups in total. The summed E-state index contributed by atoms with van der Waals surface area (Å²) in [6.45, 7) is 3.70. The highest BCUT2D eigenvalue weighted by Gasteiger charge is 2.25. The minimum atomic E-state index is -3.28. The molecule has 0 saturated heterocycles. The molecule has 1 aromatic carbocycles. The van der Waals surface area contributed by atoms with Gasteiger partial charge >= 0.3 is 0 Å². The van der Waals surface area contributed by atoms with Gasteiger partial charge in [0, 0.05) is 11.8 Å². The van der Waals surface area contributed by atoms with Gasteiger partial charge in [0.05, 0.1) is 21.9 Å². The zero-order chi connectivity index (χ0) is 14.5. The van der Waals surface area contributed by atoms with Crippen molar-refractivity contribution in [1.82, 2.24) is 0 Å². The van der Waals surface area contributed by atoms with Gasteiger partial charge in [-0.15, -0.1) is 23.2 Å². The maximum atomic E-state index is 12.2. The van der Waals surface area contributed by atoms with E-state index in [-0.39, 0.29) is 5.75 Å². The molecule has 108 valence electrons. The van der Waals surface area contributed by atoms with Crippen LogP contribution in [0.3, 0.4) is 0 Å². The van der Waals surface area contributed by atoms with Crippen molar-refractivity contribution in [3.8, 4) is 0 Å². The predicted molar refractivity (Wildman–Crippen MR) is 82.3 cm³/mol. The van der Waals surface area contributed by atoms with Crippen LogP contribution in [-0.2, 0) is 9.84 Å². The Morgan fingerprint density at radius 2 is 1.79 bits per heavy atom. The van der Waals surface area contributed by atoms with E-state index in [1.807, 2.05) is 13.8 Å². The van der Waals surface area contributed by atoms with E-state index in [1.54, 1.807) is 24.3 Å². The highest BCUT2D eigenvalue weighted by molar-refractivity contribution is 7.91. The molecule has 0 fully saturated rings. The molecule has 0 bridgehead atoms. The molecule has 0 radical (unpaired) electrons. The van der Waals surface area contributed by atoms with E-state index in [1.165, 1.54) is 0 Å². The molecule has 0 aromatic heterocycles. The molecule has 0 atom stereocenters. The highest BCUT2D eigenvalue weighted by atomic mass is 35.5. The van der Waals surface area contributed by atoms with Gasteiger partial charge in [0.25, 0.3) is 0 Å². The number of rotatable bonds is 7. The fraction of sp³-hybridized carbons (Fsp3) is 0.538. The van der Waals surface area contributed by atoms with Gasteiger partial charge in [-0.1, -0.05) is 19.1 Å². The minimum Gasteiger partial charge on any atom is -0.376 e. The van der Waals surface area contributed by atoms with Crippen molar-refractivity contribution in [2.24, 2.45) is 0 Å². The van der Waals surface area contributed by atoms with Crippen LogP contribution in [0, 0.1) is 0 Å². The molecular weight excluding hydrogens is 305 g/mol. The monoisotopic (exact) mass is 323 g/mol. The van der Waals surface area contributed by atoms with E-state index in [0.29, 0.717) is 28.8 Å². The van der Waals surface area contributed by atoms with Gasteiger partial charge in [-0.2, -0.15) is 0 Å². The summed E-state index contributed by atoms with van der Waals surface area (Å²) in [5.74, 6) is 0.710. The van der Waals surface area contributed by atoms with Crippen LogP contribution in [0.4, 0.5) is 5.69 Å². The van der Waals surface area contributed by atoms with Crippen LogP contribution < -0.4 is 5.32 Å². The third kappa shape index (κ3) is 4.26. The Balaban J connectivity index is 3.17. The fourth-order valence-corrected chi connectivity index (χ4v) is 3.56. The number of alkyl halides is 2. The summed E-state index contributed by atoms with van der Waals surface area (Å²) in [7, 11) is -3.28. The second kappa shape index (κ2) is 6.82. The lowest BCUT2D eigenvalue weighted by Crippen LogP contribution is -2.39. The van der Waals surface area contributed by atoms with E-state index in [9.17, 15) is 8.42 Å². The standard InChI is InChI=1S/C13H19Cl2NO2S/c1-3-8-19(17,18)12-7-5-4-6-11(12)16-13(2,9-14)10-15/h4-7,16H,3,8-10H2,1-2H3. The van der Waals surface area contributed by atoms with Crippen molar-refractivity contribution in [2.75, 3.05) is 22.8 Å². The first-order chi connectivity index (χ1) is 8.88. The molecule has 0 heterocycles.